The molecule has 1 saturated heterocycles. The lowest BCUT2D eigenvalue weighted by Gasteiger charge is -2.32. The molecule has 1 amide bonds. The summed E-state index contributed by atoms with van der Waals surface area (Å²) in [5, 5.41) is 1.25. The number of thiazole rings is 1. The largest absolute Gasteiger partial charge is 0.341 e. The van der Waals surface area contributed by atoms with Gasteiger partial charge in [-0.2, -0.15) is 0 Å². The van der Waals surface area contributed by atoms with Crippen LogP contribution >= 0.6 is 11.3 Å². The van der Waals surface area contributed by atoms with Crippen molar-refractivity contribution in [3.8, 4) is 0 Å². The molecule has 1 aromatic heterocycles. The third kappa shape index (κ3) is 2.74. The summed E-state index contributed by atoms with van der Waals surface area (Å²) in [6, 6.07) is -0.391. The third-order valence-electron chi connectivity index (χ3n) is 4.33. The summed E-state index contributed by atoms with van der Waals surface area (Å²) >= 11 is 1.88. The van der Waals surface area contributed by atoms with Gasteiger partial charge in [0.1, 0.15) is 0 Å². The van der Waals surface area contributed by atoms with Crippen molar-refractivity contribution in [3.05, 3.63) is 15.6 Å². The minimum Gasteiger partial charge on any atom is -0.341 e. The Labute approximate surface area is 124 Å². The molecule has 0 saturated carbocycles. The number of hydrogen-bond donors (Lipinski definition) is 1. The highest BCUT2D eigenvalue weighted by Gasteiger charge is 2.29. The Morgan fingerprint density at radius 2 is 2.20 bits per heavy atom. The van der Waals surface area contributed by atoms with Gasteiger partial charge in [0.15, 0.2) is 0 Å². The lowest BCUT2D eigenvalue weighted by molar-refractivity contribution is -0.133. The van der Waals surface area contributed by atoms with Crippen molar-refractivity contribution < 1.29 is 4.79 Å². The monoisotopic (exact) mass is 293 g/mol. The number of nitrogens with two attached hydrogens (primary N) is 1. The number of hydrogen-bond acceptors (Lipinski definition) is 4. The van der Waals surface area contributed by atoms with E-state index in [4.69, 9.17) is 10.7 Å². The average Bonchev–Trinajstić information content (AvgIpc) is 2.90. The molecule has 0 bridgehead atoms. The minimum atomic E-state index is -0.391. The first-order valence-corrected chi connectivity index (χ1v) is 8.49. The van der Waals surface area contributed by atoms with Gasteiger partial charge in [0.2, 0.25) is 5.91 Å². The van der Waals surface area contributed by atoms with E-state index in [1.807, 2.05) is 16.2 Å². The second-order valence-corrected chi connectivity index (χ2v) is 7.16. The molecule has 2 heterocycles. The summed E-state index contributed by atoms with van der Waals surface area (Å²) in [7, 11) is 0. The fraction of sp³-hybridized carbons (Fsp3) is 0.733. The number of carbonyl (C=O) groups excluding carboxylic acids is 1. The topological polar surface area (TPSA) is 59.2 Å². The molecule has 1 aliphatic carbocycles. The lowest BCUT2D eigenvalue weighted by atomic mass is 9.98. The zero-order valence-corrected chi connectivity index (χ0v) is 12.9. The Kier molecular flexibility index (Phi) is 4.08. The number of rotatable bonds is 2. The fourth-order valence-corrected chi connectivity index (χ4v) is 4.49. The van der Waals surface area contributed by atoms with Crippen LogP contribution in [0.2, 0.25) is 0 Å². The molecular weight excluding hydrogens is 270 g/mol. The zero-order valence-electron chi connectivity index (χ0n) is 12.1. The van der Waals surface area contributed by atoms with E-state index in [-0.39, 0.29) is 5.91 Å². The molecule has 3 rings (SSSR count). The zero-order chi connectivity index (χ0) is 14.1. The predicted molar refractivity (Wildman–Crippen MR) is 81.0 cm³/mol. The summed E-state index contributed by atoms with van der Waals surface area (Å²) in [4.78, 5) is 20.3. The van der Waals surface area contributed by atoms with Crippen LogP contribution in [0.4, 0.5) is 0 Å². The van der Waals surface area contributed by atoms with Crippen LogP contribution in [0.5, 0.6) is 0 Å². The Morgan fingerprint density at radius 3 is 2.95 bits per heavy atom. The van der Waals surface area contributed by atoms with Gasteiger partial charge in [-0.3, -0.25) is 4.79 Å². The first kappa shape index (κ1) is 14.0. The highest BCUT2D eigenvalue weighted by molar-refractivity contribution is 7.11. The molecule has 1 aliphatic heterocycles. The molecule has 0 radical (unpaired) electrons. The number of likely N-dealkylation sites (tertiary alicyclic amines) is 1. The quantitative estimate of drug-likeness (QED) is 0.908. The van der Waals surface area contributed by atoms with Gasteiger partial charge in [0.05, 0.1) is 16.7 Å². The van der Waals surface area contributed by atoms with Gasteiger partial charge in [0, 0.05) is 23.9 Å². The molecule has 0 spiro atoms. The van der Waals surface area contributed by atoms with Gasteiger partial charge in [-0.05, 0) is 45.4 Å². The third-order valence-corrected chi connectivity index (χ3v) is 5.65. The van der Waals surface area contributed by atoms with Crippen LogP contribution in [-0.2, 0) is 17.6 Å². The Hall–Kier alpha value is -0.940. The first-order chi connectivity index (χ1) is 9.65. The van der Waals surface area contributed by atoms with Crippen LogP contribution in [0.25, 0.3) is 0 Å². The smallest absolute Gasteiger partial charge is 0.239 e. The number of aryl methyl sites for hydroxylation is 2. The SMILES string of the molecule is C[C@H](N)C(=O)N1CCC[C@H](c2nc3c(s2)CCCC3)C1. The van der Waals surface area contributed by atoms with Crippen LogP contribution < -0.4 is 5.73 Å². The number of nitrogens with zero attached hydrogens (tertiary/aromatic N) is 2. The molecule has 2 N–H and O–H groups in total. The minimum absolute atomic E-state index is 0.0796. The number of fused-ring (bicyclic) bond motifs is 1. The van der Waals surface area contributed by atoms with Crippen molar-refractivity contribution in [2.75, 3.05) is 13.1 Å². The van der Waals surface area contributed by atoms with E-state index in [1.54, 1.807) is 6.92 Å². The van der Waals surface area contributed by atoms with Gasteiger partial charge in [-0.15, -0.1) is 11.3 Å². The molecule has 20 heavy (non-hydrogen) atoms. The molecule has 110 valence electrons. The summed E-state index contributed by atoms with van der Waals surface area (Å²) in [6.45, 7) is 3.42. The molecule has 2 aliphatic rings. The highest BCUT2D eigenvalue weighted by Crippen LogP contribution is 2.34. The van der Waals surface area contributed by atoms with E-state index < -0.39 is 6.04 Å². The van der Waals surface area contributed by atoms with E-state index >= 15 is 0 Å². The highest BCUT2D eigenvalue weighted by atomic mass is 32.1. The Morgan fingerprint density at radius 1 is 1.40 bits per heavy atom. The Bertz CT molecular complexity index is 474. The summed E-state index contributed by atoms with van der Waals surface area (Å²) in [5.74, 6) is 0.498. The van der Waals surface area contributed by atoms with Crippen LogP contribution in [-0.4, -0.2) is 34.9 Å². The van der Waals surface area contributed by atoms with E-state index in [2.05, 4.69) is 0 Å². The maximum atomic E-state index is 12.1. The molecule has 5 heteroatoms. The van der Waals surface area contributed by atoms with Gasteiger partial charge >= 0.3 is 0 Å². The predicted octanol–water partition coefficient (Wildman–Crippen LogP) is 2.08. The van der Waals surface area contributed by atoms with Crippen molar-refractivity contribution in [2.45, 2.75) is 57.4 Å². The summed E-state index contributed by atoms with van der Waals surface area (Å²) in [5.41, 5.74) is 7.05. The molecule has 2 atom stereocenters. The fourth-order valence-electron chi connectivity index (χ4n) is 3.21. The maximum Gasteiger partial charge on any atom is 0.239 e. The summed E-state index contributed by atoms with van der Waals surface area (Å²) in [6.07, 6.45) is 7.12. The van der Waals surface area contributed by atoms with Crippen LogP contribution in [0.15, 0.2) is 0 Å². The molecule has 4 nitrogen and oxygen atoms in total. The Balaban J connectivity index is 1.73. The van der Waals surface area contributed by atoms with Crippen LogP contribution in [0.3, 0.4) is 0 Å². The van der Waals surface area contributed by atoms with Crippen molar-refractivity contribution in [2.24, 2.45) is 5.73 Å². The standard InChI is InChI=1S/C15H23N3OS/c1-10(16)15(19)18-8-4-5-11(9-18)14-17-12-6-2-3-7-13(12)20-14/h10-11H,2-9,16H2,1H3/t10-,11-/m0/s1. The van der Waals surface area contributed by atoms with Gasteiger partial charge in [0.25, 0.3) is 0 Å². The van der Waals surface area contributed by atoms with Gasteiger partial charge < -0.3 is 10.6 Å². The molecule has 0 aromatic carbocycles. The first-order valence-electron chi connectivity index (χ1n) is 7.68. The molecular formula is C15H23N3OS. The number of amides is 1. The van der Waals surface area contributed by atoms with Crippen molar-refractivity contribution in [1.82, 2.24) is 9.88 Å². The van der Waals surface area contributed by atoms with E-state index in [9.17, 15) is 4.79 Å². The number of piperidine rings is 1. The molecule has 0 unspecified atom stereocenters. The second-order valence-electron chi connectivity index (χ2n) is 6.04. The number of carbonyl (C=O) groups is 1. The van der Waals surface area contributed by atoms with Crippen molar-refractivity contribution >= 4 is 17.2 Å². The normalized spacial score (nSPS) is 24.3. The maximum absolute atomic E-state index is 12.1. The van der Waals surface area contributed by atoms with Gasteiger partial charge in [-0.1, -0.05) is 0 Å². The van der Waals surface area contributed by atoms with E-state index in [0.717, 1.165) is 32.4 Å². The molecule has 1 aromatic rings. The summed E-state index contributed by atoms with van der Waals surface area (Å²) < 4.78 is 0. The van der Waals surface area contributed by atoms with E-state index in [1.165, 1.54) is 34.8 Å². The lowest BCUT2D eigenvalue weighted by Crippen LogP contribution is -2.46. The van der Waals surface area contributed by atoms with Crippen molar-refractivity contribution in [3.63, 3.8) is 0 Å². The molecule has 1 fully saturated rings. The number of aromatic nitrogens is 1. The van der Waals surface area contributed by atoms with E-state index in [0.29, 0.717) is 5.92 Å². The van der Waals surface area contributed by atoms with Crippen molar-refractivity contribution in [1.29, 1.82) is 0 Å². The van der Waals surface area contributed by atoms with Crippen LogP contribution in [0, 0.1) is 0 Å². The average molecular weight is 293 g/mol. The second kappa shape index (κ2) is 5.82. The van der Waals surface area contributed by atoms with Crippen LogP contribution in [0.1, 0.15) is 54.1 Å². The van der Waals surface area contributed by atoms with Gasteiger partial charge in [-0.25, -0.2) is 4.98 Å².